The van der Waals surface area contributed by atoms with Gasteiger partial charge in [-0.15, -0.1) is 0 Å². The Hall–Kier alpha value is -4.92. The largest absolute Gasteiger partial charge is 0.507 e. The topological polar surface area (TPSA) is 88.5 Å². The second kappa shape index (κ2) is 14.5. The van der Waals surface area contributed by atoms with Crippen molar-refractivity contribution in [1.82, 2.24) is 9.80 Å². The molecule has 0 bridgehead atoms. The van der Waals surface area contributed by atoms with Crippen LogP contribution in [0.1, 0.15) is 34.7 Å². The molecule has 4 aromatic carbocycles. The maximum Gasteiger partial charge on any atom is 0.295 e. The van der Waals surface area contributed by atoms with E-state index in [1.165, 1.54) is 0 Å². The fraction of sp³-hybridized carbons (Fsp3) is 0.263. The number of carbonyl (C=O) groups is 2. The number of hydrogen-bond acceptors (Lipinski definition) is 7. The van der Waals surface area contributed by atoms with E-state index >= 15 is 0 Å². The number of para-hydroxylation sites is 1. The SMILES string of the molecule is Cc1cc(C(O)=C2C(=O)C(=O)N(CCCN3CCOCC3)[C@@H]2c2cccc(Oc3ccccc3)c2)ccc1OCc1ccccc1. The average Bonchev–Trinajstić information content (AvgIpc) is 3.34. The highest BCUT2D eigenvalue weighted by atomic mass is 16.5. The Bertz CT molecular complexity index is 1700. The van der Waals surface area contributed by atoms with Crippen molar-refractivity contribution in [3.05, 3.63) is 131 Å². The number of aliphatic hydroxyl groups excluding tert-OH is 1. The molecule has 6 rings (SSSR count). The van der Waals surface area contributed by atoms with Crippen molar-refractivity contribution in [1.29, 1.82) is 0 Å². The zero-order chi connectivity index (χ0) is 31.9. The van der Waals surface area contributed by atoms with Gasteiger partial charge in [0.05, 0.1) is 24.8 Å². The summed E-state index contributed by atoms with van der Waals surface area (Å²) in [6.45, 7) is 6.49. The molecule has 0 unspecified atom stereocenters. The summed E-state index contributed by atoms with van der Waals surface area (Å²) in [5.41, 5.74) is 3.03. The molecule has 0 aliphatic carbocycles. The molecule has 0 aromatic heterocycles. The normalized spacial score (nSPS) is 18.1. The van der Waals surface area contributed by atoms with Crippen LogP contribution in [0.2, 0.25) is 0 Å². The van der Waals surface area contributed by atoms with Crippen LogP contribution in [0, 0.1) is 6.92 Å². The van der Waals surface area contributed by atoms with E-state index in [9.17, 15) is 14.7 Å². The first kappa shape index (κ1) is 31.1. The van der Waals surface area contributed by atoms with E-state index in [0.717, 1.165) is 30.8 Å². The number of likely N-dealkylation sites (tertiary alicyclic amines) is 1. The predicted octanol–water partition coefficient (Wildman–Crippen LogP) is 6.51. The van der Waals surface area contributed by atoms with Gasteiger partial charge in [-0.1, -0.05) is 60.7 Å². The highest BCUT2D eigenvalue weighted by Crippen LogP contribution is 2.41. The summed E-state index contributed by atoms with van der Waals surface area (Å²) in [6.07, 6.45) is 0.677. The molecule has 4 aromatic rings. The molecular formula is C38H38N2O6. The lowest BCUT2D eigenvalue weighted by atomic mass is 9.94. The molecule has 8 heteroatoms. The van der Waals surface area contributed by atoms with Crippen LogP contribution in [0.3, 0.4) is 0 Å². The summed E-state index contributed by atoms with van der Waals surface area (Å²) in [4.78, 5) is 31.1. The van der Waals surface area contributed by atoms with Crippen LogP contribution in [-0.4, -0.2) is 66.0 Å². The van der Waals surface area contributed by atoms with Gasteiger partial charge in [-0.3, -0.25) is 14.5 Å². The predicted molar refractivity (Wildman–Crippen MR) is 176 cm³/mol. The number of ether oxygens (including phenoxy) is 3. The van der Waals surface area contributed by atoms with Gasteiger partial charge in [0.25, 0.3) is 11.7 Å². The first-order chi connectivity index (χ1) is 22.5. The highest BCUT2D eigenvalue weighted by Gasteiger charge is 2.46. The quantitative estimate of drug-likeness (QED) is 0.116. The zero-order valence-electron chi connectivity index (χ0n) is 25.9. The molecular weight excluding hydrogens is 580 g/mol. The Morgan fingerprint density at radius 3 is 2.30 bits per heavy atom. The van der Waals surface area contributed by atoms with Crippen LogP contribution in [0.15, 0.2) is 109 Å². The summed E-state index contributed by atoms with van der Waals surface area (Å²) in [5, 5.41) is 11.7. The summed E-state index contributed by atoms with van der Waals surface area (Å²) >= 11 is 0. The molecule has 2 fully saturated rings. The number of hydrogen-bond donors (Lipinski definition) is 1. The van der Waals surface area contributed by atoms with Crippen LogP contribution in [0.25, 0.3) is 5.76 Å². The van der Waals surface area contributed by atoms with Crippen molar-refractivity contribution in [3.8, 4) is 17.2 Å². The molecule has 0 saturated carbocycles. The van der Waals surface area contributed by atoms with Crippen molar-refractivity contribution in [2.75, 3.05) is 39.4 Å². The van der Waals surface area contributed by atoms with E-state index in [2.05, 4.69) is 4.90 Å². The molecule has 0 radical (unpaired) electrons. The third kappa shape index (κ3) is 7.14. The molecule has 2 saturated heterocycles. The molecule has 2 aliphatic heterocycles. The number of rotatable bonds is 11. The second-order valence-corrected chi connectivity index (χ2v) is 11.5. The van der Waals surface area contributed by atoms with Gasteiger partial charge in [0.2, 0.25) is 0 Å². The Morgan fingerprint density at radius 2 is 1.57 bits per heavy atom. The molecule has 1 N–H and O–H groups in total. The molecule has 0 spiro atoms. The Morgan fingerprint density at radius 1 is 0.848 bits per heavy atom. The molecule has 8 nitrogen and oxygen atoms in total. The van der Waals surface area contributed by atoms with Crippen LogP contribution < -0.4 is 9.47 Å². The van der Waals surface area contributed by atoms with Gasteiger partial charge in [0, 0.05) is 31.7 Å². The molecule has 2 heterocycles. The number of carbonyl (C=O) groups excluding carboxylic acids is 2. The van der Waals surface area contributed by atoms with Gasteiger partial charge in [-0.25, -0.2) is 0 Å². The Kier molecular flexibility index (Phi) is 9.76. The third-order valence-corrected chi connectivity index (χ3v) is 8.36. The lowest BCUT2D eigenvalue weighted by Crippen LogP contribution is -2.38. The van der Waals surface area contributed by atoms with E-state index in [4.69, 9.17) is 14.2 Å². The van der Waals surface area contributed by atoms with Gasteiger partial charge >= 0.3 is 0 Å². The van der Waals surface area contributed by atoms with Crippen LogP contribution in [0.4, 0.5) is 0 Å². The van der Waals surface area contributed by atoms with Gasteiger partial charge in [-0.2, -0.15) is 0 Å². The van der Waals surface area contributed by atoms with E-state index in [0.29, 0.717) is 61.2 Å². The van der Waals surface area contributed by atoms with Crippen LogP contribution >= 0.6 is 0 Å². The molecule has 46 heavy (non-hydrogen) atoms. The zero-order valence-corrected chi connectivity index (χ0v) is 25.9. The van der Waals surface area contributed by atoms with Gasteiger partial charge in [0.1, 0.15) is 29.6 Å². The number of Topliss-reactive ketones (excluding diaryl/α,β-unsaturated/α-hetero) is 1. The number of benzene rings is 4. The maximum absolute atomic E-state index is 13.7. The Labute approximate surface area is 269 Å². The van der Waals surface area contributed by atoms with Crippen LogP contribution in [0.5, 0.6) is 17.2 Å². The molecule has 1 atom stereocenters. The standard InChI is InChI=1S/C38H38N2O6/c1-27-24-30(16-17-33(27)45-26-28-10-4-2-5-11-28)36(41)34-35(29-12-8-15-32(25-29)46-31-13-6-3-7-14-31)40(38(43)37(34)42)19-9-18-39-20-22-44-23-21-39/h2-8,10-17,24-25,35,41H,9,18-23,26H2,1H3/t35-/m1/s1. The van der Waals surface area contributed by atoms with Crippen molar-refractivity contribution in [2.24, 2.45) is 0 Å². The Balaban J connectivity index is 1.31. The first-order valence-corrected chi connectivity index (χ1v) is 15.7. The lowest BCUT2D eigenvalue weighted by Gasteiger charge is -2.29. The summed E-state index contributed by atoms with van der Waals surface area (Å²) < 4.78 is 17.6. The van der Waals surface area contributed by atoms with Gasteiger partial charge in [0.15, 0.2) is 0 Å². The van der Waals surface area contributed by atoms with Crippen LogP contribution in [-0.2, 0) is 20.9 Å². The summed E-state index contributed by atoms with van der Waals surface area (Å²) in [6, 6.07) is 31.2. The number of aliphatic hydroxyl groups is 1. The lowest BCUT2D eigenvalue weighted by molar-refractivity contribution is -0.140. The minimum absolute atomic E-state index is 0.0607. The molecule has 2 aliphatic rings. The fourth-order valence-corrected chi connectivity index (χ4v) is 5.97. The monoisotopic (exact) mass is 618 g/mol. The van der Waals surface area contributed by atoms with E-state index in [-0.39, 0.29) is 11.3 Å². The van der Waals surface area contributed by atoms with E-state index in [1.54, 1.807) is 23.1 Å². The summed E-state index contributed by atoms with van der Waals surface area (Å²) in [5.74, 6) is 0.368. The number of morpholine rings is 1. The van der Waals surface area contributed by atoms with E-state index < -0.39 is 17.7 Å². The number of nitrogens with zero attached hydrogens (tertiary/aromatic N) is 2. The van der Waals surface area contributed by atoms with E-state index in [1.807, 2.05) is 91.9 Å². The number of amides is 1. The minimum atomic E-state index is -0.779. The highest BCUT2D eigenvalue weighted by molar-refractivity contribution is 6.46. The van der Waals surface area contributed by atoms with Gasteiger partial charge in [-0.05, 0) is 72.5 Å². The third-order valence-electron chi connectivity index (χ3n) is 8.36. The maximum atomic E-state index is 13.7. The number of aryl methyl sites for hydroxylation is 1. The number of ketones is 1. The fourth-order valence-electron chi connectivity index (χ4n) is 5.97. The van der Waals surface area contributed by atoms with Crippen molar-refractivity contribution < 1.29 is 28.9 Å². The van der Waals surface area contributed by atoms with Crippen molar-refractivity contribution in [2.45, 2.75) is 26.0 Å². The second-order valence-electron chi connectivity index (χ2n) is 11.5. The van der Waals surface area contributed by atoms with Crippen molar-refractivity contribution >= 4 is 17.4 Å². The summed E-state index contributed by atoms with van der Waals surface area (Å²) in [7, 11) is 0. The smallest absolute Gasteiger partial charge is 0.295 e. The van der Waals surface area contributed by atoms with Gasteiger partial charge < -0.3 is 24.2 Å². The molecule has 236 valence electrons. The minimum Gasteiger partial charge on any atom is -0.507 e. The first-order valence-electron chi connectivity index (χ1n) is 15.7. The average molecular weight is 619 g/mol. The molecule has 1 amide bonds. The van der Waals surface area contributed by atoms with Crippen molar-refractivity contribution in [3.63, 3.8) is 0 Å².